The molecule has 1 rings (SSSR count). The highest BCUT2D eigenvalue weighted by molar-refractivity contribution is 9.11. The van der Waals surface area contributed by atoms with Crippen LogP contribution in [0.3, 0.4) is 0 Å². The lowest BCUT2D eigenvalue weighted by molar-refractivity contribution is 0.155. The molecule has 0 bridgehead atoms. The van der Waals surface area contributed by atoms with Gasteiger partial charge in [-0.3, -0.25) is 0 Å². The number of urea groups is 1. The summed E-state index contributed by atoms with van der Waals surface area (Å²) in [6.45, 7) is 3.88. The fraction of sp³-hybridized carbons (Fsp3) is 0.462. The van der Waals surface area contributed by atoms with E-state index >= 15 is 0 Å². The highest BCUT2D eigenvalue weighted by Gasteiger charge is 2.13. The Bertz CT molecular complexity index is 427. The van der Waals surface area contributed by atoms with Gasteiger partial charge >= 0.3 is 6.03 Å². The number of benzene rings is 1. The third kappa shape index (κ3) is 5.50. The summed E-state index contributed by atoms with van der Waals surface area (Å²) in [5.74, 6) is 0. The Labute approximate surface area is 130 Å². The zero-order valence-corrected chi connectivity index (χ0v) is 14.3. The molecule has 1 N–H and O–H groups in total. The van der Waals surface area contributed by atoms with Gasteiger partial charge in [0.05, 0.1) is 12.3 Å². The first-order valence-corrected chi connectivity index (χ1v) is 7.67. The molecule has 2 amide bonds. The summed E-state index contributed by atoms with van der Waals surface area (Å²) < 4.78 is 6.83. The van der Waals surface area contributed by atoms with Crippen molar-refractivity contribution in [2.24, 2.45) is 0 Å². The van der Waals surface area contributed by atoms with E-state index in [-0.39, 0.29) is 6.03 Å². The molecule has 0 aromatic heterocycles. The van der Waals surface area contributed by atoms with Crippen molar-refractivity contribution < 1.29 is 9.53 Å². The number of nitrogens with one attached hydrogen (secondary N) is 1. The maximum Gasteiger partial charge on any atom is 0.321 e. The molecule has 0 saturated carbocycles. The lowest BCUT2D eigenvalue weighted by Crippen LogP contribution is -2.37. The number of hydrogen-bond acceptors (Lipinski definition) is 2. The summed E-state index contributed by atoms with van der Waals surface area (Å²) in [5.41, 5.74) is 0.756. The van der Waals surface area contributed by atoms with Crippen molar-refractivity contribution in [3.05, 3.63) is 27.1 Å². The molecule has 6 heteroatoms. The van der Waals surface area contributed by atoms with Crippen LogP contribution in [0.25, 0.3) is 0 Å². The summed E-state index contributed by atoms with van der Waals surface area (Å²) in [6.07, 6.45) is 0.915. The van der Waals surface area contributed by atoms with Crippen LogP contribution in [0.4, 0.5) is 10.5 Å². The van der Waals surface area contributed by atoms with Gasteiger partial charge in [0, 0.05) is 29.1 Å². The highest BCUT2D eigenvalue weighted by atomic mass is 79.9. The van der Waals surface area contributed by atoms with E-state index in [0.717, 1.165) is 21.1 Å². The third-order valence-electron chi connectivity index (χ3n) is 2.52. The predicted octanol–water partition coefficient (Wildman–Crippen LogP) is 4.10. The number of rotatable bonds is 6. The SMILES string of the molecule is CCCN(CCOC)C(=O)Nc1ccc(Br)cc1Br. The monoisotopic (exact) mass is 392 g/mol. The van der Waals surface area contributed by atoms with Crippen molar-refractivity contribution in [1.82, 2.24) is 4.90 Å². The molecule has 0 atom stereocenters. The Hall–Kier alpha value is -0.590. The number of carbonyl (C=O) groups excluding carboxylic acids is 1. The Balaban J connectivity index is 2.69. The van der Waals surface area contributed by atoms with Crippen LogP contribution in [-0.2, 0) is 4.74 Å². The minimum atomic E-state index is -0.109. The van der Waals surface area contributed by atoms with Gasteiger partial charge < -0.3 is 15.0 Å². The minimum Gasteiger partial charge on any atom is -0.383 e. The van der Waals surface area contributed by atoms with Crippen LogP contribution >= 0.6 is 31.9 Å². The Kier molecular flexibility index (Phi) is 7.41. The average Bonchev–Trinajstić information content (AvgIpc) is 2.37. The number of carbonyl (C=O) groups is 1. The molecule has 0 radical (unpaired) electrons. The van der Waals surface area contributed by atoms with E-state index in [0.29, 0.717) is 19.7 Å². The summed E-state index contributed by atoms with van der Waals surface area (Å²) in [4.78, 5) is 13.9. The molecule has 0 aliphatic carbocycles. The zero-order chi connectivity index (χ0) is 14.3. The summed E-state index contributed by atoms with van der Waals surface area (Å²) in [7, 11) is 1.63. The molecule has 0 aliphatic heterocycles. The fourth-order valence-electron chi connectivity index (χ4n) is 1.57. The first-order chi connectivity index (χ1) is 9.08. The Morgan fingerprint density at radius 1 is 1.37 bits per heavy atom. The van der Waals surface area contributed by atoms with Gasteiger partial charge in [0.1, 0.15) is 0 Å². The van der Waals surface area contributed by atoms with Crippen LogP contribution in [0.5, 0.6) is 0 Å². The fourth-order valence-corrected chi connectivity index (χ4v) is 2.72. The van der Waals surface area contributed by atoms with Crippen LogP contribution in [0.15, 0.2) is 27.1 Å². The molecular weight excluding hydrogens is 376 g/mol. The molecule has 19 heavy (non-hydrogen) atoms. The molecule has 4 nitrogen and oxygen atoms in total. The van der Waals surface area contributed by atoms with Gasteiger partial charge in [-0.25, -0.2) is 4.79 Å². The van der Waals surface area contributed by atoms with Crippen molar-refractivity contribution in [2.45, 2.75) is 13.3 Å². The minimum absolute atomic E-state index is 0.109. The van der Waals surface area contributed by atoms with Gasteiger partial charge in [0.2, 0.25) is 0 Å². The van der Waals surface area contributed by atoms with Crippen molar-refractivity contribution in [3.8, 4) is 0 Å². The molecule has 0 aliphatic rings. The number of anilines is 1. The van der Waals surface area contributed by atoms with E-state index < -0.39 is 0 Å². The topological polar surface area (TPSA) is 41.6 Å². The third-order valence-corrected chi connectivity index (χ3v) is 3.67. The van der Waals surface area contributed by atoms with Crippen LogP contribution < -0.4 is 5.32 Å². The van der Waals surface area contributed by atoms with E-state index in [1.165, 1.54) is 0 Å². The van der Waals surface area contributed by atoms with Gasteiger partial charge in [-0.2, -0.15) is 0 Å². The number of ether oxygens (including phenoxy) is 1. The van der Waals surface area contributed by atoms with Crippen molar-refractivity contribution in [2.75, 3.05) is 32.1 Å². The number of nitrogens with zero attached hydrogens (tertiary/aromatic N) is 1. The van der Waals surface area contributed by atoms with Gasteiger partial charge in [0.25, 0.3) is 0 Å². The van der Waals surface area contributed by atoms with E-state index in [4.69, 9.17) is 4.74 Å². The molecule has 1 aromatic carbocycles. The first kappa shape index (κ1) is 16.5. The van der Waals surface area contributed by atoms with E-state index in [2.05, 4.69) is 37.2 Å². The van der Waals surface area contributed by atoms with Crippen LogP contribution in [0, 0.1) is 0 Å². The van der Waals surface area contributed by atoms with E-state index in [1.807, 2.05) is 25.1 Å². The van der Waals surface area contributed by atoms with Gasteiger partial charge in [-0.1, -0.05) is 22.9 Å². The summed E-state index contributed by atoms with van der Waals surface area (Å²) in [5, 5.41) is 2.89. The average molecular weight is 394 g/mol. The van der Waals surface area contributed by atoms with Crippen LogP contribution in [0.2, 0.25) is 0 Å². The summed E-state index contributed by atoms with van der Waals surface area (Å²) in [6, 6.07) is 5.53. The number of halogens is 2. The highest BCUT2D eigenvalue weighted by Crippen LogP contribution is 2.26. The summed E-state index contributed by atoms with van der Waals surface area (Å²) >= 11 is 6.81. The number of amides is 2. The lowest BCUT2D eigenvalue weighted by Gasteiger charge is -2.22. The van der Waals surface area contributed by atoms with Crippen LogP contribution in [-0.4, -0.2) is 37.7 Å². The van der Waals surface area contributed by atoms with Crippen molar-refractivity contribution in [1.29, 1.82) is 0 Å². The smallest absolute Gasteiger partial charge is 0.321 e. The lowest BCUT2D eigenvalue weighted by atomic mass is 10.3. The van der Waals surface area contributed by atoms with Crippen molar-refractivity contribution in [3.63, 3.8) is 0 Å². The van der Waals surface area contributed by atoms with Gasteiger partial charge in [-0.05, 0) is 40.5 Å². The van der Waals surface area contributed by atoms with E-state index in [9.17, 15) is 4.79 Å². The zero-order valence-electron chi connectivity index (χ0n) is 11.1. The largest absolute Gasteiger partial charge is 0.383 e. The number of methoxy groups -OCH3 is 1. The molecular formula is C13H18Br2N2O2. The standard InChI is InChI=1S/C13H18Br2N2O2/c1-3-6-17(7-8-19-2)13(18)16-12-5-4-10(14)9-11(12)15/h4-5,9H,3,6-8H2,1-2H3,(H,16,18). The molecule has 106 valence electrons. The molecule has 0 saturated heterocycles. The molecule has 0 spiro atoms. The van der Waals surface area contributed by atoms with Gasteiger partial charge in [0.15, 0.2) is 0 Å². The van der Waals surface area contributed by atoms with Crippen molar-refractivity contribution >= 4 is 43.6 Å². The van der Waals surface area contributed by atoms with Gasteiger partial charge in [-0.15, -0.1) is 0 Å². The van der Waals surface area contributed by atoms with E-state index in [1.54, 1.807) is 12.0 Å². The quantitative estimate of drug-likeness (QED) is 0.790. The maximum atomic E-state index is 12.2. The maximum absolute atomic E-state index is 12.2. The second-order valence-electron chi connectivity index (χ2n) is 4.03. The first-order valence-electron chi connectivity index (χ1n) is 6.08. The second-order valence-corrected chi connectivity index (χ2v) is 5.80. The molecule has 0 unspecified atom stereocenters. The molecule has 0 heterocycles. The Morgan fingerprint density at radius 2 is 2.11 bits per heavy atom. The second kappa shape index (κ2) is 8.55. The van der Waals surface area contributed by atoms with Crippen LogP contribution in [0.1, 0.15) is 13.3 Å². The number of hydrogen-bond donors (Lipinski definition) is 1. The molecule has 0 fully saturated rings. The molecule has 1 aromatic rings. The Morgan fingerprint density at radius 3 is 2.68 bits per heavy atom. The predicted molar refractivity (Wildman–Crippen MR) is 84.6 cm³/mol. The normalized spacial score (nSPS) is 10.3.